The van der Waals surface area contributed by atoms with Gasteiger partial charge in [-0.25, -0.2) is 4.98 Å². The van der Waals surface area contributed by atoms with Crippen LogP contribution >= 0.6 is 35.3 Å². The van der Waals surface area contributed by atoms with Crippen LogP contribution in [-0.4, -0.2) is 43.4 Å². The van der Waals surface area contributed by atoms with Crippen molar-refractivity contribution in [3.63, 3.8) is 0 Å². The predicted molar refractivity (Wildman–Crippen MR) is 90.6 cm³/mol. The number of nitrogens with zero attached hydrogens (tertiary/aromatic N) is 3. The van der Waals surface area contributed by atoms with Gasteiger partial charge in [0.1, 0.15) is 0 Å². The van der Waals surface area contributed by atoms with Crippen LogP contribution < -0.4 is 5.73 Å². The molecular formula is C13H18N4S3. The first kappa shape index (κ1) is 14.3. The van der Waals surface area contributed by atoms with Gasteiger partial charge < -0.3 is 5.73 Å². The lowest BCUT2D eigenvalue weighted by atomic mass is 9.95. The van der Waals surface area contributed by atoms with Gasteiger partial charge in [0, 0.05) is 37.4 Å². The van der Waals surface area contributed by atoms with E-state index in [1.165, 1.54) is 0 Å². The number of hydrogen-bond acceptors (Lipinski definition) is 5. The van der Waals surface area contributed by atoms with Crippen molar-refractivity contribution in [3.8, 4) is 0 Å². The summed E-state index contributed by atoms with van der Waals surface area (Å²) in [5.41, 5.74) is 7.07. The predicted octanol–water partition coefficient (Wildman–Crippen LogP) is 2.38. The molecule has 0 saturated carbocycles. The number of imidazole rings is 1. The van der Waals surface area contributed by atoms with E-state index < -0.39 is 0 Å². The number of piperidine rings is 1. The van der Waals surface area contributed by atoms with Crippen LogP contribution in [0.5, 0.6) is 0 Å². The summed E-state index contributed by atoms with van der Waals surface area (Å²) in [6.07, 6.45) is 8.35. The Balaban J connectivity index is 1.64. The largest absolute Gasteiger partial charge is 0.392 e. The number of aromatic nitrogens is 2. The second kappa shape index (κ2) is 5.63. The van der Waals surface area contributed by atoms with Gasteiger partial charge in [-0.1, -0.05) is 12.2 Å². The van der Waals surface area contributed by atoms with Crippen molar-refractivity contribution in [1.29, 1.82) is 0 Å². The molecule has 20 heavy (non-hydrogen) atoms. The molecule has 0 unspecified atom stereocenters. The summed E-state index contributed by atoms with van der Waals surface area (Å²) < 4.78 is 2.09. The Kier molecular flexibility index (Phi) is 4.03. The summed E-state index contributed by atoms with van der Waals surface area (Å²) in [6.45, 7) is 2.98. The average Bonchev–Trinajstić information content (AvgIpc) is 3.00. The molecule has 0 atom stereocenters. The van der Waals surface area contributed by atoms with Crippen molar-refractivity contribution in [2.45, 2.75) is 24.1 Å². The molecule has 1 saturated heterocycles. The van der Waals surface area contributed by atoms with Crippen LogP contribution in [0.1, 0.15) is 18.5 Å². The third-order valence-corrected chi connectivity index (χ3v) is 6.73. The highest BCUT2D eigenvalue weighted by atomic mass is 32.2. The fourth-order valence-electron chi connectivity index (χ4n) is 2.70. The molecule has 3 heterocycles. The number of thiazole rings is 1. The Hall–Kier alpha value is -0.630. The molecule has 0 aromatic carbocycles. The molecule has 2 N–H and O–H groups in total. The van der Waals surface area contributed by atoms with E-state index in [0.29, 0.717) is 4.99 Å². The maximum Gasteiger partial charge on any atom is 0.193 e. The zero-order chi connectivity index (χ0) is 14.2. The molecule has 1 fully saturated rings. The van der Waals surface area contributed by atoms with E-state index in [9.17, 15) is 0 Å². The standard InChI is InChI=1S/C13H18N4S3/c1-19-13(11(14)18)2-4-16(5-3-13)8-10-9-17-6-7-20-12(17)15-10/h6-7,9H,2-5,8H2,1H3,(H2,14,18). The van der Waals surface area contributed by atoms with Crippen molar-refractivity contribution >= 4 is 45.3 Å². The molecule has 3 rings (SSSR count). The molecule has 0 bridgehead atoms. The summed E-state index contributed by atoms with van der Waals surface area (Å²) in [5, 5.41) is 2.06. The summed E-state index contributed by atoms with van der Waals surface area (Å²) in [7, 11) is 0. The van der Waals surface area contributed by atoms with E-state index in [-0.39, 0.29) is 4.75 Å². The van der Waals surface area contributed by atoms with Crippen LogP contribution in [-0.2, 0) is 6.54 Å². The number of thiocarbonyl (C=S) groups is 1. The first-order chi connectivity index (χ1) is 9.63. The van der Waals surface area contributed by atoms with E-state index >= 15 is 0 Å². The van der Waals surface area contributed by atoms with Gasteiger partial charge in [-0.2, -0.15) is 11.8 Å². The van der Waals surface area contributed by atoms with Crippen molar-refractivity contribution in [2.24, 2.45) is 5.73 Å². The maximum atomic E-state index is 5.93. The third-order valence-electron chi connectivity index (χ3n) is 4.03. The number of nitrogens with two attached hydrogens (primary N) is 1. The zero-order valence-corrected chi connectivity index (χ0v) is 13.9. The van der Waals surface area contributed by atoms with Crippen molar-refractivity contribution in [1.82, 2.24) is 14.3 Å². The lowest BCUT2D eigenvalue weighted by Gasteiger charge is -2.39. The average molecular weight is 327 g/mol. The van der Waals surface area contributed by atoms with Crippen LogP contribution in [0.25, 0.3) is 4.96 Å². The van der Waals surface area contributed by atoms with E-state index in [1.807, 2.05) is 0 Å². The molecule has 1 aliphatic rings. The van der Waals surface area contributed by atoms with Crippen LogP contribution in [0.3, 0.4) is 0 Å². The Morgan fingerprint density at radius 1 is 1.55 bits per heavy atom. The van der Waals surface area contributed by atoms with E-state index in [2.05, 4.69) is 38.3 Å². The number of fused-ring (bicyclic) bond motifs is 1. The van der Waals surface area contributed by atoms with Crippen LogP contribution in [0.4, 0.5) is 0 Å². The molecule has 2 aromatic rings. The van der Waals surface area contributed by atoms with Gasteiger partial charge in [0.05, 0.1) is 15.4 Å². The third kappa shape index (κ3) is 2.59. The smallest absolute Gasteiger partial charge is 0.193 e. The quantitative estimate of drug-likeness (QED) is 0.874. The summed E-state index contributed by atoms with van der Waals surface area (Å²) in [6, 6.07) is 0. The van der Waals surface area contributed by atoms with Gasteiger partial charge >= 0.3 is 0 Å². The zero-order valence-electron chi connectivity index (χ0n) is 11.4. The summed E-state index contributed by atoms with van der Waals surface area (Å²) in [5.74, 6) is 0. The van der Waals surface area contributed by atoms with Gasteiger partial charge in [0.2, 0.25) is 0 Å². The number of rotatable bonds is 4. The number of likely N-dealkylation sites (tertiary alicyclic amines) is 1. The SMILES string of the molecule is CSC1(C(N)=S)CCN(Cc2cn3ccsc3n2)CC1. The Morgan fingerprint density at radius 3 is 2.90 bits per heavy atom. The summed E-state index contributed by atoms with van der Waals surface area (Å²) in [4.78, 5) is 8.81. The molecule has 108 valence electrons. The molecule has 7 heteroatoms. The van der Waals surface area contributed by atoms with E-state index in [1.54, 1.807) is 23.1 Å². The number of hydrogen-bond donors (Lipinski definition) is 1. The van der Waals surface area contributed by atoms with Gasteiger partial charge in [-0.15, -0.1) is 11.3 Å². The topological polar surface area (TPSA) is 46.6 Å². The van der Waals surface area contributed by atoms with Crippen LogP contribution in [0.2, 0.25) is 0 Å². The highest BCUT2D eigenvalue weighted by molar-refractivity contribution is 8.02. The number of thioether (sulfide) groups is 1. The second-order valence-corrected chi connectivity index (χ2v) is 7.67. The van der Waals surface area contributed by atoms with Gasteiger partial charge in [0.15, 0.2) is 4.96 Å². The molecule has 1 aliphatic heterocycles. The van der Waals surface area contributed by atoms with Gasteiger partial charge in [-0.05, 0) is 19.1 Å². The van der Waals surface area contributed by atoms with Gasteiger partial charge in [-0.3, -0.25) is 9.30 Å². The second-order valence-electron chi connectivity index (χ2n) is 5.16. The van der Waals surface area contributed by atoms with Crippen molar-refractivity contribution in [3.05, 3.63) is 23.5 Å². The molecule has 0 amide bonds. The lowest BCUT2D eigenvalue weighted by molar-refractivity contribution is 0.211. The minimum absolute atomic E-state index is 0.000377. The van der Waals surface area contributed by atoms with Crippen LogP contribution in [0.15, 0.2) is 17.8 Å². The Morgan fingerprint density at radius 2 is 2.30 bits per heavy atom. The Bertz CT molecular complexity index is 581. The minimum Gasteiger partial charge on any atom is -0.392 e. The fourth-order valence-corrected chi connectivity index (χ4v) is 4.67. The molecule has 2 aromatic heterocycles. The van der Waals surface area contributed by atoms with Crippen LogP contribution in [0, 0.1) is 0 Å². The molecule has 0 radical (unpaired) electrons. The molecule has 0 aliphatic carbocycles. The Labute approximate surface area is 132 Å². The normalized spacial score (nSPS) is 19.4. The molecular weight excluding hydrogens is 308 g/mol. The molecule has 4 nitrogen and oxygen atoms in total. The highest BCUT2D eigenvalue weighted by Crippen LogP contribution is 2.35. The lowest BCUT2D eigenvalue weighted by Crippen LogP contribution is -2.48. The fraction of sp³-hybridized carbons (Fsp3) is 0.538. The van der Waals surface area contributed by atoms with E-state index in [0.717, 1.165) is 43.1 Å². The van der Waals surface area contributed by atoms with Crippen molar-refractivity contribution in [2.75, 3.05) is 19.3 Å². The first-order valence-electron chi connectivity index (χ1n) is 6.61. The van der Waals surface area contributed by atoms with Gasteiger partial charge in [0.25, 0.3) is 0 Å². The highest BCUT2D eigenvalue weighted by Gasteiger charge is 2.36. The summed E-state index contributed by atoms with van der Waals surface area (Å²) >= 11 is 8.73. The van der Waals surface area contributed by atoms with Crippen molar-refractivity contribution < 1.29 is 0 Å². The molecule has 0 spiro atoms. The monoisotopic (exact) mass is 326 g/mol. The maximum absolute atomic E-state index is 5.93. The first-order valence-corrected chi connectivity index (χ1v) is 9.13. The minimum atomic E-state index is 0.000377. The van der Waals surface area contributed by atoms with E-state index in [4.69, 9.17) is 18.0 Å².